The van der Waals surface area contributed by atoms with Crippen molar-refractivity contribution in [1.29, 1.82) is 0 Å². The molecule has 50 valence electrons. The molecule has 1 unspecified atom stereocenters. The van der Waals surface area contributed by atoms with Crippen LogP contribution < -0.4 is 0 Å². The van der Waals surface area contributed by atoms with E-state index in [0.717, 1.165) is 0 Å². The fourth-order valence-electron chi connectivity index (χ4n) is 0.241. The van der Waals surface area contributed by atoms with Gasteiger partial charge in [0.2, 0.25) is 0 Å². The number of hydrogen-bond donors (Lipinski definition) is 1. The summed E-state index contributed by atoms with van der Waals surface area (Å²) in [7, 11) is -3.18. The van der Waals surface area contributed by atoms with Gasteiger partial charge in [0, 0.05) is 5.75 Å². The Morgan fingerprint density at radius 3 is 2.00 bits per heavy atom. The van der Waals surface area contributed by atoms with Crippen LogP contribution in [0.15, 0.2) is 0 Å². The van der Waals surface area contributed by atoms with Crippen LogP contribution in [0.3, 0.4) is 0 Å². The first kappa shape index (κ1) is 7.91. The minimum atomic E-state index is -3.18. The van der Waals surface area contributed by atoms with E-state index < -0.39 is 15.3 Å². The summed E-state index contributed by atoms with van der Waals surface area (Å²) in [5.41, 5.74) is -1.22. The number of sulfone groups is 1. The predicted molar refractivity (Wildman–Crippen MR) is 31.1 cm³/mol. The van der Waals surface area contributed by atoms with Crippen LogP contribution in [0.2, 0.25) is 0 Å². The lowest BCUT2D eigenvalue weighted by Crippen LogP contribution is -2.18. The standard InChI is InChI=1S/C4H10O3S/c1-3-8(6,7)4(2)5/h4-5H,3H2,1-2H3. The van der Waals surface area contributed by atoms with Crippen molar-refractivity contribution in [1.82, 2.24) is 0 Å². The third-order valence-corrected chi connectivity index (χ3v) is 2.77. The Bertz CT molecular complexity index is 145. The molecule has 3 nitrogen and oxygen atoms in total. The van der Waals surface area contributed by atoms with E-state index in [4.69, 9.17) is 5.11 Å². The van der Waals surface area contributed by atoms with Gasteiger partial charge in [-0.25, -0.2) is 8.42 Å². The zero-order valence-corrected chi connectivity index (χ0v) is 5.77. The van der Waals surface area contributed by atoms with E-state index in [1.807, 2.05) is 0 Å². The first-order chi connectivity index (χ1) is 3.50. The molecule has 0 heterocycles. The molecular weight excluding hydrogens is 128 g/mol. The Labute approximate surface area is 49.3 Å². The molecule has 0 amide bonds. The average molecular weight is 138 g/mol. The zero-order chi connectivity index (χ0) is 6.78. The van der Waals surface area contributed by atoms with E-state index in [-0.39, 0.29) is 5.75 Å². The second-order valence-corrected chi connectivity index (χ2v) is 4.14. The van der Waals surface area contributed by atoms with Crippen molar-refractivity contribution in [3.63, 3.8) is 0 Å². The summed E-state index contributed by atoms with van der Waals surface area (Å²) < 4.78 is 20.9. The quantitative estimate of drug-likeness (QED) is 0.573. The van der Waals surface area contributed by atoms with E-state index in [0.29, 0.717) is 0 Å². The van der Waals surface area contributed by atoms with Crippen molar-refractivity contribution in [2.24, 2.45) is 0 Å². The van der Waals surface area contributed by atoms with Gasteiger partial charge in [-0.05, 0) is 6.92 Å². The summed E-state index contributed by atoms with van der Waals surface area (Å²) in [4.78, 5) is 0. The molecule has 0 bridgehead atoms. The Hall–Kier alpha value is -0.0900. The summed E-state index contributed by atoms with van der Waals surface area (Å²) in [5, 5.41) is 8.49. The van der Waals surface area contributed by atoms with Crippen LogP contribution in [0, 0.1) is 0 Å². The van der Waals surface area contributed by atoms with Crippen LogP contribution in [0.1, 0.15) is 13.8 Å². The van der Waals surface area contributed by atoms with Gasteiger partial charge in [-0.15, -0.1) is 0 Å². The molecule has 0 fully saturated rings. The number of rotatable bonds is 2. The Morgan fingerprint density at radius 1 is 1.62 bits per heavy atom. The fraction of sp³-hybridized carbons (Fsp3) is 1.00. The van der Waals surface area contributed by atoms with Crippen molar-refractivity contribution in [2.75, 3.05) is 5.75 Å². The van der Waals surface area contributed by atoms with E-state index >= 15 is 0 Å². The van der Waals surface area contributed by atoms with Gasteiger partial charge >= 0.3 is 0 Å². The molecule has 0 saturated carbocycles. The minimum Gasteiger partial charge on any atom is -0.377 e. The van der Waals surface area contributed by atoms with Crippen LogP contribution in [0.4, 0.5) is 0 Å². The largest absolute Gasteiger partial charge is 0.377 e. The summed E-state index contributed by atoms with van der Waals surface area (Å²) in [6, 6.07) is 0. The molecule has 0 radical (unpaired) electrons. The lowest BCUT2D eigenvalue weighted by atomic mass is 10.9. The van der Waals surface area contributed by atoms with Crippen LogP contribution >= 0.6 is 0 Å². The van der Waals surface area contributed by atoms with Crippen LogP contribution in [0.25, 0.3) is 0 Å². The van der Waals surface area contributed by atoms with Gasteiger partial charge in [0.25, 0.3) is 0 Å². The van der Waals surface area contributed by atoms with Crippen LogP contribution in [-0.4, -0.2) is 24.7 Å². The van der Waals surface area contributed by atoms with Crippen molar-refractivity contribution < 1.29 is 13.5 Å². The zero-order valence-electron chi connectivity index (χ0n) is 4.96. The van der Waals surface area contributed by atoms with E-state index in [1.165, 1.54) is 13.8 Å². The molecule has 0 aliphatic heterocycles. The monoisotopic (exact) mass is 138 g/mol. The van der Waals surface area contributed by atoms with Crippen molar-refractivity contribution >= 4 is 9.84 Å². The molecule has 1 atom stereocenters. The molecular formula is C4H10O3S. The number of hydrogen-bond acceptors (Lipinski definition) is 3. The predicted octanol–water partition coefficient (Wildman–Crippen LogP) is -0.241. The summed E-state index contributed by atoms with van der Waals surface area (Å²) >= 11 is 0. The van der Waals surface area contributed by atoms with Gasteiger partial charge in [0.05, 0.1) is 0 Å². The number of aliphatic hydroxyl groups excluding tert-OH is 1. The fourth-order valence-corrected chi connectivity index (χ4v) is 0.724. The normalized spacial score (nSPS) is 15.9. The molecule has 0 aliphatic rings. The Balaban J connectivity index is 4.17. The highest BCUT2D eigenvalue weighted by Gasteiger charge is 2.13. The Morgan fingerprint density at radius 2 is 2.00 bits per heavy atom. The first-order valence-corrected chi connectivity index (χ1v) is 4.12. The van der Waals surface area contributed by atoms with Gasteiger partial charge in [-0.3, -0.25) is 0 Å². The topological polar surface area (TPSA) is 54.4 Å². The highest BCUT2D eigenvalue weighted by Crippen LogP contribution is 1.95. The lowest BCUT2D eigenvalue weighted by molar-refractivity contribution is 0.268. The van der Waals surface area contributed by atoms with E-state index in [9.17, 15) is 8.42 Å². The smallest absolute Gasteiger partial charge is 0.176 e. The second-order valence-electron chi connectivity index (χ2n) is 1.55. The van der Waals surface area contributed by atoms with Crippen molar-refractivity contribution in [2.45, 2.75) is 19.3 Å². The minimum absolute atomic E-state index is 0.00463. The van der Waals surface area contributed by atoms with Crippen LogP contribution in [0.5, 0.6) is 0 Å². The summed E-state index contributed by atoms with van der Waals surface area (Å²) in [5.74, 6) is 0.00463. The SMILES string of the molecule is CCS(=O)(=O)C(C)O. The molecule has 0 rings (SSSR count). The van der Waals surface area contributed by atoms with Gasteiger partial charge in [-0.1, -0.05) is 6.92 Å². The molecule has 0 spiro atoms. The van der Waals surface area contributed by atoms with Crippen LogP contribution in [-0.2, 0) is 9.84 Å². The molecule has 4 heteroatoms. The molecule has 0 aromatic rings. The maximum atomic E-state index is 10.4. The highest BCUT2D eigenvalue weighted by atomic mass is 32.2. The third kappa shape index (κ3) is 1.79. The molecule has 0 aliphatic carbocycles. The van der Waals surface area contributed by atoms with Crippen molar-refractivity contribution in [3.05, 3.63) is 0 Å². The molecule has 0 saturated heterocycles. The molecule has 1 N–H and O–H groups in total. The van der Waals surface area contributed by atoms with Crippen molar-refractivity contribution in [3.8, 4) is 0 Å². The summed E-state index contributed by atoms with van der Waals surface area (Å²) in [6.45, 7) is 2.75. The van der Waals surface area contributed by atoms with E-state index in [1.54, 1.807) is 0 Å². The molecule has 0 aromatic carbocycles. The second kappa shape index (κ2) is 2.46. The van der Waals surface area contributed by atoms with Gasteiger partial charge in [0.15, 0.2) is 15.3 Å². The first-order valence-electron chi connectivity index (χ1n) is 2.40. The maximum absolute atomic E-state index is 10.4. The van der Waals surface area contributed by atoms with E-state index in [2.05, 4.69) is 0 Å². The van der Waals surface area contributed by atoms with Gasteiger partial charge in [-0.2, -0.15) is 0 Å². The Kier molecular flexibility index (Phi) is 2.43. The summed E-state index contributed by atoms with van der Waals surface area (Å²) in [6.07, 6.45) is 0. The average Bonchev–Trinajstić information content (AvgIpc) is 1.67. The maximum Gasteiger partial charge on any atom is 0.176 e. The third-order valence-electron chi connectivity index (χ3n) is 0.922. The lowest BCUT2D eigenvalue weighted by Gasteiger charge is -2.00. The van der Waals surface area contributed by atoms with Gasteiger partial charge < -0.3 is 5.11 Å². The molecule has 0 aromatic heterocycles. The molecule has 8 heavy (non-hydrogen) atoms. The number of aliphatic hydroxyl groups is 1. The van der Waals surface area contributed by atoms with Gasteiger partial charge in [0.1, 0.15) is 0 Å². The highest BCUT2D eigenvalue weighted by molar-refractivity contribution is 7.91.